The maximum absolute atomic E-state index is 11.8. The quantitative estimate of drug-likeness (QED) is 0.317. The van der Waals surface area contributed by atoms with Gasteiger partial charge in [-0.3, -0.25) is 10.6 Å². The van der Waals surface area contributed by atoms with Crippen LogP contribution in [-0.2, 0) is 9.53 Å². The number of rotatable bonds is 5. The summed E-state index contributed by atoms with van der Waals surface area (Å²) in [5.74, 6) is 5.02. The molecular weight excluding hydrogens is 286 g/mol. The van der Waals surface area contributed by atoms with E-state index in [4.69, 9.17) is 16.3 Å². The van der Waals surface area contributed by atoms with Crippen LogP contribution in [0.5, 0.6) is 0 Å². The van der Waals surface area contributed by atoms with E-state index < -0.39 is 11.7 Å². The number of ether oxygens (including phenoxy) is 1. The molecule has 8 heteroatoms. The van der Waals surface area contributed by atoms with Gasteiger partial charge in [0.25, 0.3) is 0 Å². The highest BCUT2D eigenvalue weighted by molar-refractivity contribution is 5.92. The summed E-state index contributed by atoms with van der Waals surface area (Å²) in [4.78, 5) is 23.2. The lowest BCUT2D eigenvalue weighted by molar-refractivity contribution is -0.116. The van der Waals surface area contributed by atoms with Gasteiger partial charge in [-0.25, -0.2) is 4.79 Å². The maximum Gasteiger partial charge on any atom is 0.407 e. The second-order valence-corrected chi connectivity index (χ2v) is 5.67. The fraction of sp³-hybridized carbons (Fsp3) is 0.429. The minimum absolute atomic E-state index is 0.121. The molecule has 0 aliphatic carbocycles. The van der Waals surface area contributed by atoms with Crippen LogP contribution in [0, 0.1) is 0 Å². The SMILES string of the molecule is CC(C)(C)OC(=O)NCCC(=O)Nc1ccc(NN)c(N)c1. The molecule has 0 saturated heterocycles. The molecule has 0 aliphatic rings. The van der Waals surface area contributed by atoms with Gasteiger partial charge in [-0.2, -0.15) is 0 Å². The largest absolute Gasteiger partial charge is 0.444 e. The Morgan fingerprint density at radius 1 is 1.27 bits per heavy atom. The average Bonchev–Trinajstić information content (AvgIpc) is 2.36. The number of hydrogen-bond donors (Lipinski definition) is 5. The molecule has 0 unspecified atom stereocenters. The predicted octanol–water partition coefficient (Wildman–Crippen LogP) is 1.41. The van der Waals surface area contributed by atoms with Crippen molar-refractivity contribution in [1.29, 1.82) is 0 Å². The highest BCUT2D eigenvalue weighted by Gasteiger charge is 2.15. The molecule has 0 radical (unpaired) electrons. The number of nitrogens with one attached hydrogen (secondary N) is 3. The predicted molar refractivity (Wildman–Crippen MR) is 86.1 cm³/mol. The first-order chi connectivity index (χ1) is 10.2. The summed E-state index contributed by atoms with van der Waals surface area (Å²) in [5.41, 5.74) is 9.17. The van der Waals surface area contributed by atoms with E-state index in [1.165, 1.54) is 0 Å². The molecule has 0 fully saturated rings. The van der Waals surface area contributed by atoms with Gasteiger partial charge in [0.05, 0.1) is 11.4 Å². The van der Waals surface area contributed by atoms with Crippen LogP contribution in [0.25, 0.3) is 0 Å². The molecule has 22 heavy (non-hydrogen) atoms. The van der Waals surface area contributed by atoms with Crippen molar-refractivity contribution in [2.45, 2.75) is 32.8 Å². The summed E-state index contributed by atoms with van der Waals surface area (Å²) >= 11 is 0. The number of nitrogen functional groups attached to an aromatic ring is 2. The number of hydrogen-bond acceptors (Lipinski definition) is 6. The van der Waals surface area contributed by atoms with Crippen molar-refractivity contribution in [2.75, 3.05) is 23.0 Å². The number of amides is 2. The minimum Gasteiger partial charge on any atom is -0.444 e. The molecule has 1 aromatic carbocycles. The Bertz CT molecular complexity index is 540. The van der Waals surface area contributed by atoms with Crippen LogP contribution >= 0.6 is 0 Å². The van der Waals surface area contributed by atoms with Gasteiger partial charge in [-0.15, -0.1) is 0 Å². The van der Waals surface area contributed by atoms with Crippen LogP contribution in [0.4, 0.5) is 21.9 Å². The summed E-state index contributed by atoms with van der Waals surface area (Å²) in [7, 11) is 0. The van der Waals surface area contributed by atoms with Gasteiger partial charge in [-0.05, 0) is 39.0 Å². The van der Waals surface area contributed by atoms with E-state index in [9.17, 15) is 9.59 Å². The lowest BCUT2D eigenvalue weighted by Crippen LogP contribution is -2.34. The van der Waals surface area contributed by atoms with Gasteiger partial charge >= 0.3 is 6.09 Å². The van der Waals surface area contributed by atoms with Crippen molar-refractivity contribution in [3.63, 3.8) is 0 Å². The topological polar surface area (TPSA) is 132 Å². The Balaban J connectivity index is 2.38. The van der Waals surface area contributed by atoms with E-state index in [1.807, 2.05) is 0 Å². The molecule has 1 aromatic rings. The normalized spacial score (nSPS) is 10.7. The summed E-state index contributed by atoms with van der Waals surface area (Å²) in [6.07, 6.45) is -0.432. The highest BCUT2D eigenvalue weighted by atomic mass is 16.6. The van der Waals surface area contributed by atoms with E-state index in [-0.39, 0.29) is 18.9 Å². The molecule has 0 spiro atoms. The lowest BCUT2D eigenvalue weighted by atomic mass is 10.2. The number of hydrazine groups is 1. The number of nitrogens with two attached hydrogens (primary N) is 2. The van der Waals surface area contributed by atoms with Crippen LogP contribution in [-0.4, -0.2) is 24.1 Å². The lowest BCUT2D eigenvalue weighted by Gasteiger charge is -2.19. The third kappa shape index (κ3) is 6.31. The summed E-state index contributed by atoms with van der Waals surface area (Å²) in [6, 6.07) is 4.92. The Hall–Kier alpha value is -2.48. The van der Waals surface area contributed by atoms with Gasteiger partial charge in [-0.1, -0.05) is 0 Å². The van der Waals surface area contributed by atoms with E-state index in [0.29, 0.717) is 17.1 Å². The van der Waals surface area contributed by atoms with Crippen LogP contribution in [0.1, 0.15) is 27.2 Å². The first-order valence-electron chi connectivity index (χ1n) is 6.84. The smallest absolute Gasteiger partial charge is 0.407 e. The van der Waals surface area contributed by atoms with Crippen LogP contribution in [0.3, 0.4) is 0 Å². The Kier molecular flexibility index (Phi) is 6.00. The number of benzene rings is 1. The molecular formula is C14H23N5O3. The molecule has 0 atom stereocenters. The van der Waals surface area contributed by atoms with Crippen LogP contribution in [0.15, 0.2) is 18.2 Å². The molecule has 0 aliphatic heterocycles. The van der Waals surface area contributed by atoms with Crippen molar-refractivity contribution >= 4 is 29.1 Å². The van der Waals surface area contributed by atoms with Gasteiger partial charge in [0.2, 0.25) is 5.91 Å². The van der Waals surface area contributed by atoms with E-state index in [1.54, 1.807) is 39.0 Å². The Morgan fingerprint density at radius 2 is 1.95 bits per heavy atom. The number of carbonyl (C=O) groups is 2. The third-order valence-electron chi connectivity index (χ3n) is 2.51. The first-order valence-corrected chi connectivity index (χ1v) is 6.84. The van der Waals surface area contributed by atoms with E-state index in [2.05, 4.69) is 16.1 Å². The molecule has 7 N–H and O–H groups in total. The second-order valence-electron chi connectivity index (χ2n) is 5.67. The average molecular weight is 309 g/mol. The molecule has 0 heterocycles. The number of alkyl carbamates (subject to hydrolysis) is 1. The molecule has 0 aromatic heterocycles. The van der Waals surface area contributed by atoms with Gasteiger partial charge in [0.1, 0.15) is 5.60 Å². The van der Waals surface area contributed by atoms with Crippen molar-refractivity contribution in [3.05, 3.63) is 18.2 Å². The summed E-state index contributed by atoms with van der Waals surface area (Å²) < 4.78 is 5.06. The Labute approximate surface area is 129 Å². The standard InChI is InChI=1S/C14H23N5O3/c1-14(2,3)22-13(21)17-7-6-12(20)18-9-4-5-11(19-16)10(15)8-9/h4-5,8,19H,6-7,15-16H2,1-3H3,(H,17,21)(H,18,20). The van der Waals surface area contributed by atoms with Crippen molar-refractivity contribution in [1.82, 2.24) is 5.32 Å². The van der Waals surface area contributed by atoms with Crippen molar-refractivity contribution < 1.29 is 14.3 Å². The van der Waals surface area contributed by atoms with Crippen LogP contribution in [0.2, 0.25) is 0 Å². The number of anilines is 3. The molecule has 1 rings (SSSR count). The van der Waals surface area contributed by atoms with Crippen LogP contribution < -0.4 is 27.6 Å². The summed E-state index contributed by atoms with van der Waals surface area (Å²) in [5, 5.41) is 5.19. The maximum atomic E-state index is 11.8. The highest BCUT2D eigenvalue weighted by Crippen LogP contribution is 2.21. The fourth-order valence-corrected chi connectivity index (χ4v) is 1.59. The van der Waals surface area contributed by atoms with Crippen molar-refractivity contribution in [2.24, 2.45) is 5.84 Å². The molecule has 122 valence electrons. The van der Waals surface area contributed by atoms with Crippen molar-refractivity contribution in [3.8, 4) is 0 Å². The van der Waals surface area contributed by atoms with Gasteiger partial charge < -0.3 is 26.5 Å². The number of carbonyl (C=O) groups excluding carboxylic acids is 2. The zero-order chi connectivity index (χ0) is 16.8. The molecule has 8 nitrogen and oxygen atoms in total. The zero-order valence-corrected chi connectivity index (χ0v) is 13.0. The molecule has 2 amide bonds. The summed E-state index contributed by atoms with van der Waals surface area (Å²) in [6.45, 7) is 5.48. The minimum atomic E-state index is -0.567. The fourth-order valence-electron chi connectivity index (χ4n) is 1.59. The molecule has 0 saturated carbocycles. The molecule has 0 bridgehead atoms. The second kappa shape index (κ2) is 7.51. The van der Waals surface area contributed by atoms with E-state index in [0.717, 1.165) is 0 Å². The first kappa shape index (κ1) is 17.6. The monoisotopic (exact) mass is 309 g/mol. The zero-order valence-electron chi connectivity index (χ0n) is 13.0. The van der Waals surface area contributed by atoms with Gasteiger partial charge in [0.15, 0.2) is 0 Å². The Morgan fingerprint density at radius 3 is 2.50 bits per heavy atom. The van der Waals surface area contributed by atoms with Gasteiger partial charge in [0, 0.05) is 18.7 Å². The van der Waals surface area contributed by atoms with E-state index >= 15 is 0 Å². The third-order valence-corrected chi connectivity index (χ3v) is 2.51.